The molecule has 0 radical (unpaired) electrons. The molecule has 0 spiro atoms. The van der Waals surface area contributed by atoms with E-state index in [4.69, 9.17) is 4.74 Å². The van der Waals surface area contributed by atoms with E-state index < -0.39 is 0 Å². The SMILES string of the molecule is Cc1sc(C#CC(C)(C)C)cc1N(C)C1CCC(OCCP)CC1. The fourth-order valence-corrected chi connectivity index (χ4v) is 4.21. The second kappa shape index (κ2) is 8.70. The van der Waals surface area contributed by atoms with Crippen LogP contribution in [0.25, 0.3) is 0 Å². The van der Waals surface area contributed by atoms with Crippen molar-refractivity contribution in [2.24, 2.45) is 5.41 Å². The zero-order valence-corrected chi connectivity index (χ0v) is 17.8. The predicted molar refractivity (Wildman–Crippen MR) is 110 cm³/mol. The Balaban J connectivity index is 1.99. The molecule has 1 aromatic rings. The smallest absolute Gasteiger partial charge is 0.0792 e. The Kier molecular flexibility index (Phi) is 7.17. The van der Waals surface area contributed by atoms with Crippen molar-refractivity contribution < 1.29 is 4.74 Å². The van der Waals surface area contributed by atoms with Crippen LogP contribution in [0.5, 0.6) is 0 Å². The molecule has 2 rings (SSSR count). The number of anilines is 1. The number of hydrogen-bond donors (Lipinski definition) is 0. The van der Waals surface area contributed by atoms with Crippen LogP contribution in [0.4, 0.5) is 5.69 Å². The minimum atomic E-state index is 0.0549. The van der Waals surface area contributed by atoms with Crippen LogP contribution in [0.3, 0.4) is 0 Å². The Hall–Kier alpha value is -0.550. The highest BCUT2D eigenvalue weighted by atomic mass is 32.1. The Bertz CT molecular complexity index is 585. The quantitative estimate of drug-likeness (QED) is 0.532. The molecule has 1 aliphatic rings. The first kappa shape index (κ1) is 19.8. The molecule has 1 aliphatic carbocycles. The third-order valence-corrected chi connectivity index (χ3v) is 5.69. The van der Waals surface area contributed by atoms with E-state index in [1.54, 1.807) is 0 Å². The Morgan fingerprint density at radius 2 is 1.96 bits per heavy atom. The molecule has 0 N–H and O–H groups in total. The molecule has 0 saturated heterocycles. The first-order valence-electron chi connectivity index (χ1n) is 8.98. The van der Waals surface area contributed by atoms with Crippen molar-refractivity contribution in [3.63, 3.8) is 0 Å². The zero-order chi connectivity index (χ0) is 17.7. The van der Waals surface area contributed by atoms with E-state index in [-0.39, 0.29) is 5.41 Å². The van der Waals surface area contributed by atoms with E-state index in [9.17, 15) is 0 Å². The van der Waals surface area contributed by atoms with Gasteiger partial charge in [-0.3, -0.25) is 0 Å². The largest absolute Gasteiger partial charge is 0.378 e. The van der Waals surface area contributed by atoms with Gasteiger partial charge in [0.15, 0.2) is 0 Å². The molecular weight excluding hydrogens is 333 g/mol. The van der Waals surface area contributed by atoms with E-state index in [1.807, 2.05) is 11.3 Å². The molecule has 0 amide bonds. The van der Waals surface area contributed by atoms with Crippen LogP contribution in [0.2, 0.25) is 0 Å². The monoisotopic (exact) mass is 365 g/mol. The van der Waals surface area contributed by atoms with Crippen molar-refractivity contribution in [3.8, 4) is 11.8 Å². The van der Waals surface area contributed by atoms with Gasteiger partial charge in [-0.1, -0.05) is 11.8 Å². The molecule has 0 bridgehead atoms. The van der Waals surface area contributed by atoms with Crippen LogP contribution >= 0.6 is 20.6 Å². The Morgan fingerprint density at radius 3 is 2.54 bits per heavy atom. The van der Waals surface area contributed by atoms with Crippen LogP contribution < -0.4 is 4.90 Å². The molecule has 0 aromatic carbocycles. The molecule has 1 saturated carbocycles. The Morgan fingerprint density at radius 1 is 1.29 bits per heavy atom. The van der Waals surface area contributed by atoms with Gasteiger partial charge in [-0.25, -0.2) is 0 Å². The molecule has 24 heavy (non-hydrogen) atoms. The number of nitrogens with zero attached hydrogens (tertiary/aromatic N) is 1. The summed E-state index contributed by atoms with van der Waals surface area (Å²) in [6, 6.07) is 2.90. The van der Waals surface area contributed by atoms with Gasteiger partial charge in [-0.2, -0.15) is 0 Å². The normalized spacial score (nSPS) is 21.2. The molecule has 1 atom stereocenters. The molecular formula is C20H32NOPS. The maximum absolute atomic E-state index is 5.90. The summed E-state index contributed by atoms with van der Waals surface area (Å²) in [7, 11) is 4.98. The topological polar surface area (TPSA) is 12.5 Å². The van der Waals surface area contributed by atoms with Crippen molar-refractivity contribution in [1.82, 2.24) is 0 Å². The lowest BCUT2D eigenvalue weighted by atomic mass is 9.92. The van der Waals surface area contributed by atoms with Crippen molar-refractivity contribution in [3.05, 3.63) is 15.8 Å². The number of aryl methyl sites for hydroxylation is 1. The summed E-state index contributed by atoms with van der Waals surface area (Å²) in [6.07, 6.45) is 6.30. The first-order valence-corrected chi connectivity index (χ1v) is 10.6. The molecule has 4 heteroatoms. The average Bonchev–Trinajstić information content (AvgIpc) is 2.91. The molecule has 134 valence electrons. The average molecular weight is 366 g/mol. The first-order chi connectivity index (χ1) is 11.3. The fourth-order valence-electron chi connectivity index (χ4n) is 3.16. The summed E-state index contributed by atoms with van der Waals surface area (Å²) in [5.41, 5.74) is 1.41. The van der Waals surface area contributed by atoms with Gasteiger partial charge in [0, 0.05) is 23.4 Å². The lowest BCUT2D eigenvalue weighted by molar-refractivity contribution is 0.0345. The van der Waals surface area contributed by atoms with Gasteiger partial charge in [0.25, 0.3) is 0 Å². The van der Waals surface area contributed by atoms with Gasteiger partial charge in [-0.15, -0.1) is 20.6 Å². The number of thiophene rings is 1. The minimum absolute atomic E-state index is 0.0549. The summed E-state index contributed by atoms with van der Waals surface area (Å²) in [6.45, 7) is 9.56. The van der Waals surface area contributed by atoms with E-state index >= 15 is 0 Å². The predicted octanol–water partition coefficient (Wildman–Crippen LogP) is 5.09. The van der Waals surface area contributed by atoms with Crippen LogP contribution in [-0.2, 0) is 4.74 Å². The Labute approximate surface area is 154 Å². The molecule has 1 fully saturated rings. The summed E-state index contributed by atoms with van der Waals surface area (Å²) in [5, 5.41) is 0. The van der Waals surface area contributed by atoms with E-state index in [0.29, 0.717) is 12.1 Å². The zero-order valence-electron chi connectivity index (χ0n) is 15.8. The molecule has 2 nitrogen and oxygen atoms in total. The van der Waals surface area contributed by atoms with Gasteiger partial charge in [0.2, 0.25) is 0 Å². The van der Waals surface area contributed by atoms with Gasteiger partial charge in [0.05, 0.1) is 23.3 Å². The lowest BCUT2D eigenvalue weighted by Gasteiger charge is -2.35. The standard InChI is InChI=1S/C20H32NOPS/c1-15-19(14-18(24-15)10-11-20(2,3)4)21(5)16-6-8-17(9-7-16)22-12-13-23/h14,16-17H,6-9,12-13,23H2,1-5H3. The third kappa shape index (κ3) is 5.76. The van der Waals surface area contributed by atoms with Crippen molar-refractivity contribution >= 4 is 26.3 Å². The van der Waals surface area contributed by atoms with Gasteiger partial charge >= 0.3 is 0 Å². The lowest BCUT2D eigenvalue weighted by Crippen LogP contribution is -2.37. The number of rotatable bonds is 5. The summed E-state index contributed by atoms with van der Waals surface area (Å²) in [5.74, 6) is 6.70. The number of ether oxygens (including phenoxy) is 1. The minimum Gasteiger partial charge on any atom is -0.378 e. The van der Waals surface area contributed by atoms with E-state index in [1.165, 1.54) is 41.1 Å². The molecule has 1 aromatic heterocycles. The van der Waals surface area contributed by atoms with Crippen LogP contribution in [0.1, 0.15) is 56.2 Å². The molecule has 1 heterocycles. The summed E-state index contributed by atoms with van der Waals surface area (Å²) in [4.78, 5) is 5.03. The van der Waals surface area contributed by atoms with E-state index in [0.717, 1.165) is 12.8 Å². The number of hydrogen-bond acceptors (Lipinski definition) is 3. The highest BCUT2D eigenvalue weighted by Gasteiger charge is 2.25. The van der Waals surface area contributed by atoms with E-state index in [2.05, 4.69) is 66.8 Å². The van der Waals surface area contributed by atoms with Gasteiger partial charge in [0.1, 0.15) is 0 Å². The highest BCUT2D eigenvalue weighted by molar-refractivity contribution is 7.16. The second-order valence-electron chi connectivity index (χ2n) is 7.75. The van der Waals surface area contributed by atoms with Crippen molar-refractivity contribution in [2.45, 2.75) is 65.5 Å². The van der Waals surface area contributed by atoms with Crippen molar-refractivity contribution in [1.29, 1.82) is 0 Å². The summed E-state index contributed by atoms with van der Waals surface area (Å²) < 4.78 is 5.90. The van der Waals surface area contributed by atoms with Gasteiger partial charge in [-0.05, 0) is 65.6 Å². The summed E-state index contributed by atoms with van der Waals surface area (Å²) >= 11 is 1.82. The second-order valence-corrected chi connectivity index (χ2v) is 9.59. The van der Waals surface area contributed by atoms with Crippen LogP contribution in [-0.4, -0.2) is 32.0 Å². The maximum atomic E-state index is 5.90. The van der Waals surface area contributed by atoms with Crippen LogP contribution in [0, 0.1) is 24.2 Å². The molecule has 1 unspecified atom stereocenters. The van der Waals surface area contributed by atoms with Crippen molar-refractivity contribution in [2.75, 3.05) is 24.7 Å². The third-order valence-electron chi connectivity index (χ3n) is 4.50. The van der Waals surface area contributed by atoms with Gasteiger partial charge < -0.3 is 9.64 Å². The fraction of sp³-hybridized carbons (Fsp3) is 0.700. The highest BCUT2D eigenvalue weighted by Crippen LogP contribution is 2.33. The maximum Gasteiger partial charge on any atom is 0.0792 e. The van der Waals surface area contributed by atoms with Crippen LogP contribution in [0.15, 0.2) is 6.07 Å². The molecule has 0 aliphatic heterocycles.